The van der Waals surface area contributed by atoms with Gasteiger partial charge in [-0.15, -0.1) is 24.0 Å². The van der Waals surface area contributed by atoms with Crippen LogP contribution < -0.4 is 10.6 Å². The lowest BCUT2D eigenvalue weighted by Gasteiger charge is -2.31. The first-order valence-corrected chi connectivity index (χ1v) is 8.15. The van der Waals surface area contributed by atoms with E-state index in [2.05, 4.69) is 22.5 Å². The second-order valence-corrected chi connectivity index (χ2v) is 6.97. The molecule has 1 amide bonds. The van der Waals surface area contributed by atoms with Gasteiger partial charge in [-0.25, -0.2) is 0 Å². The Morgan fingerprint density at radius 1 is 1.27 bits per heavy atom. The first kappa shape index (κ1) is 19.5. The summed E-state index contributed by atoms with van der Waals surface area (Å²) in [5.74, 6) is 2.70. The molecule has 0 aliphatic heterocycles. The lowest BCUT2D eigenvalue weighted by molar-refractivity contribution is -0.138. The van der Waals surface area contributed by atoms with Crippen LogP contribution in [0.4, 0.5) is 0 Å². The van der Waals surface area contributed by atoms with Gasteiger partial charge in [0.25, 0.3) is 0 Å². The van der Waals surface area contributed by atoms with Crippen LogP contribution in [-0.4, -0.2) is 51.0 Å². The molecule has 0 saturated heterocycles. The molecule has 2 N–H and O–H groups in total. The summed E-state index contributed by atoms with van der Waals surface area (Å²) >= 11 is 0. The van der Waals surface area contributed by atoms with Crippen LogP contribution in [0.25, 0.3) is 0 Å². The van der Waals surface area contributed by atoms with Crippen molar-refractivity contribution < 1.29 is 4.79 Å². The highest BCUT2D eigenvalue weighted by molar-refractivity contribution is 14.0. The van der Waals surface area contributed by atoms with E-state index in [0.29, 0.717) is 6.54 Å². The Balaban J connectivity index is 0.00000242. The molecule has 2 fully saturated rings. The van der Waals surface area contributed by atoms with Crippen LogP contribution in [-0.2, 0) is 4.79 Å². The first-order valence-electron chi connectivity index (χ1n) is 8.15. The molecule has 2 saturated carbocycles. The Morgan fingerprint density at radius 3 is 2.32 bits per heavy atom. The third kappa shape index (κ3) is 4.73. The second-order valence-electron chi connectivity index (χ2n) is 6.97. The minimum Gasteiger partial charge on any atom is -0.356 e. The van der Waals surface area contributed by atoms with Crippen molar-refractivity contribution in [1.29, 1.82) is 0 Å². The largest absolute Gasteiger partial charge is 0.356 e. The summed E-state index contributed by atoms with van der Waals surface area (Å²) < 4.78 is 0. The monoisotopic (exact) mass is 422 g/mol. The maximum Gasteiger partial charge on any atom is 0.230 e. The lowest BCUT2D eigenvalue weighted by Crippen LogP contribution is -2.49. The number of carbonyl (C=O) groups excluding carboxylic acids is 1. The van der Waals surface area contributed by atoms with E-state index in [4.69, 9.17) is 0 Å². The van der Waals surface area contributed by atoms with Crippen LogP contribution in [0, 0.1) is 17.3 Å². The molecule has 0 aromatic heterocycles. The fraction of sp³-hybridized carbons (Fsp3) is 0.875. The predicted molar refractivity (Wildman–Crippen MR) is 102 cm³/mol. The predicted octanol–water partition coefficient (Wildman–Crippen LogP) is 2.07. The van der Waals surface area contributed by atoms with E-state index in [0.717, 1.165) is 50.0 Å². The maximum atomic E-state index is 12.5. The molecule has 0 radical (unpaired) electrons. The summed E-state index contributed by atoms with van der Waals surface area (Å²) in [7, 11) is 5.49. The number of aliphatic imine (C=N–C) groups is 1. The van der Waals surface area contributed by atoms with Crippen molar-refractivity contribution in [3.05, 3.63) is 0 Å². The smallest absolute Gasteiger partial charge is 0.230 e. The van der Waals surface area contributed by atoms with Crippen LogP contribution in [0.5, 0.6) is 0 Å². The van der Waals surface area contributed by atoms with Crippen LogP contribution >= 0.6 is 24.0 Å². The van der Waals surface area contributed by atoms with Gasteiger partial charge in [0.1, 0.15) is 0 Å². The maximum absolute atomic E-state index is 12.5. The van der Waals surface area contributed by atoms with E-state index in [-0.39, 0.29) is 35.3 Å². The molecule has 2 rings (SSSR count). The molecule has 6 heteroatoms. The molecule has 0 spiro atoms. The van der Waals surface area contributed by atoms with Crippen molar-refractivity contribution in [3.63, 3.8) is 0 Å². The zero-order chi connectivity index (χ0) is 15.5. The van der Waals surface area contributed by atoms with Crippen LogP contribution in [0.1, 0.15) is 39.0 Å². The average molecular weight is 422 g/mol. The molecule has 2 atom stereocenters. The zero-order valence-electron chi connectivity index (χ0n) is 14.3. The minimum absolute atomic E-state index is 0. The van der Waals surface area contributed by atoms with Crippen molar-refractivity contribution in [3.8, 4) is 0 Å². The van der Waals surface area contributed by atoms with Gasteiger partial charge in [0.05, 0.1) is 5.41 Å². The number of nitrogens with one attached hydrogen (secondary N) is 2. The third-order valence-corrected chi connectivity index (χ3v) is 5.05. The Hall–Kier alpha value is -0.530. The van der Waals surface area contributed by atoms with Gasteiger partial charge in [0, 0.05) is 34.2 Å². The summed E-state index contributed by atoms with van der Waals surface area (Å²) in [4.78, 5) is 18.5. The summed E-state index contributed by atoms with van der Waals surface area (Å²) in [6.45, 7) is 3.95. The Morgan fingerprint density at radius 2 is 1.86 bits per heavy atom. The van der Waals surface area contributed by atoms with Crippen molar-refractivity contribution in [2.24, 2.45) is 22.2 Å². The Kier molecular flexibility index (Phi) is 7.41. The molecule has 2 aliphatic carbocycles. The lowest BCUT2D eigenvalue weighted by atomic mass is 9.84. The molecular formula is C16H31IN4O. The van der Waals surface area contributed by atoms with Gasteiger partial charge in [-0.05, 0) is 31.1 Å². The second kappa shape index (κ2) is 8.36. The van der Waals surface area contributed by atoms with Crippen molar-refractivity contribution in [1.82, 2.24) is 15.5 Å². The number of hydrogen-bond acceptors (Lipinski definition) is 2. The van der Waals surface area contributed by atoms with Crippen molar-refractivity contribution >= 4 is 35.8 Å². The zero-order valence-corrected chi connectivity index (χ0v) is 16.6. The van der Waals surface area contributed by atoms with Crippen LogP contribution in [0.15, 0.2) is 4.99 Å². The topological polar surface area (TPSA) is 56.7 Å². The van der Waals surface area contributed by atoms with Gasteiger partial charge < -0.3 is 15.5 Å². The van der Waals surface area contributed by atoms with Crippen molar-refractivity contribution in [2.45, 2.75) is 39.0 Å². The fourth-order valence-corrected chi connectivity index (χ4v) is 3.38. The molecule has 0 aromatic rings. The van der Waals surface area contributed by atoms with E-state index < -0.39 is 0 Å². The molecule has 0 aromatic carbocycles. The van der Waals surface area contributed by atoms with Gasteiger partial charge in [0.15, 0.2) is 5.96 Å². The van der Waals surface area contributed by atoms with E-state index in [1.807, 2.05) is 14.1 Å². The van der Waals surface area contributed by atoms with Gasteiger partial charge in [-0.1, -0.05) is 19.8 Å². The number of carbonyl (C=O) groups is 1. The van der Waals surface area contributed by atoms with Gasteiger partial charge in [0.2, 0.25) is 5.91 Å². The summed E-state index contributed by atoms with van der Waals surface area (Å²) in [5.41, 5.74) is -0.242. The van der Waals surface area contributed by atoms with Gasteiger partial charge in [-0.3, -0.25) is 9.79 Å². The van der Waals surface area contributed by atoms with E-state index in [9.17, 15) is 4.79 Å². The van der Waals surface area contributed by atoms with Crippen molar-refractivity contribution in [2.75, 3.05) is 34.2 Å². The number of rotatable bonds is 5. The van der Waals surface area contributed by atoms with Crippen LogP contribution in [0.3, 0.4) is 0 Å². The van der Waals surface area contributed by atoms with Gasteiger partial charge in [-0.2, -0.15) is 0 Å². The van der Waals surface area contributed by atoms with E-state index in [1.165, 1.54) is 6.42 Å². The Labute approximate surface area is 151 Å². The first-order chi connectivity index (χ1) is 9.98. The standard InChI is InChI=1S/C16H30N4O.HI/c1-12-9-13(12)10-18-15(17-2)19-11-16(7-5-6-8-16)14(21)20(3)4;/h12-13H,5-11H2,1-4H3,(H2,17,18,19);1H. The highest BCUT2D eigenvalue weighted by atomic mass is 127. The van der Waals surface area contributed by atoms with Gasteiger partial charge >= 0.3 is 0 Å². The number of amides is 1. The minimum atomic E-state index is -0.242. The molecule has 22 heavy (non-hydrogen) atoms. The summed E-state index contributed by atoms with van der Waals surface area (Å²) in [6.07, 6.45) is 5.56. The molecular weight excluding hydrogens is 391 g/mol. The van der Waals surface area contributed by atoms with E-state index in [1.54, 1.807) is 11.9 Å². The highest BCUT2D eigenvalue weighted by Gasteiger charge is 2.42. The molecule has 128 valence electrons. The molecule has 2 aliphatic rings. The SMILES string of the molecule is CN=C(NCC1CC1C)NCC1(C(=O)N(C)C)CCCC1.I. The average Bonchev–Trinajstić information content (AvgIpc) is 2.98. The molecule has 2 unspecified atom stereocenters. The number of nitrogens with zero attached hydrogens (tertiary/aromatic N) is 2. The highest BCUT2D eigenvalue weighted by Crippen LogP contribution is 2.39. The fourth-order valence-electron chi connectivity index (χ4n) is 3.38. The van der Waals surface area contributed by atoms with Crippen LogP contribution in [0.2, 0.25) is 0 Å². The normalized spacial score (nSPS) is 26.1. The number of halogens is 1. The summed E-state index contributed by atoms with van der Waals surface area (Å²) in [6, 6.07) is 0. The molecule has 0 heterocycles. The quantitative estimate of drug-likeness (QED) is 0.405. The Bertz CT molecular complexity index is 405. The molecule has 5 nitrogen and oxygen atoms in total. The number of guanidine groups is 1. The third-order valence-electron chi connectivity index (χ3n) is 5.05. The number of hydrogen-bond donors (Lipinski definition) is 2. The summed E-state index contributed by atoms with van der Waals surface area (Å²) in [5, 5.41) is 6.76. The molecule has 0 bridgehead atoms. The van der Waals surface area contributed by atoms with E-state index >= 15 is 0 Å².